The summed E-state index contributed by atoms with van der Waals surface area (Å²) in [7, 11) is -2.50. The maximum absolute atomic E-state index is 14.0. The molecule has 2 aromatic heterocycles. The van der Waals surface area contributed by atoms with Gasteiger partial charge in [-0.3, -0.25) is 14.5 Å². The van der Waals surface area contributed by atoms with Crippen LogP contribution in [-0.4, -0.2) is 45.1 Å². The van der Waals surface area contributed by atoms with E-state index < -0.39 is 19.2 Å². The molecule has 44 heavy (non-hydrogen) atoms. The molecule has 0 radical (unpaired) electrons. The largest absolute Gasteiger partial charge is 0.478 e. The van der Waals surface area contributed by atoms with Crippen LogP contribution >= 0.6 is 7.14 Å². The molecule has 0 aliphatic rings. The van der Waals surface area contributed by atoms with Gasteiger partial charge in [-0.15, -0.1) is 0 Å². The van der Waals surface area contributed by atoms with Gasteiger partial charge in [0.1, 0.15) is 7.14 Å². The van der Waals surface area contributed by atoms with Gasteiger partial charge in [-0.25, -0.2) is 4.79 Å². The molecule has 0 unspecified atom stereocenters. The number of aromatic nitrogens is 3. The van der Waals surface area contributed by atoms with Crippen LogP contribution in [0.3, 0.4) is 0 Å². The number of para-hydroxylation sites is 1. The minimum absolute atomic E-state index is 0.179. The van der Waals surface area contributed by atoms with Crippen LogP contribution in [-0.2, 0) is 11.1 Å². The Balaban J connectivity index is 1.42. The van der Waals surface area contributed by atoms with E-state index in [1.807, 2.05) is 79.7 Å². The minimum atomic E-state index is -2.50. The van der Waals surface area contributed by atoms with E-state index in [1.54, 1.807) is 36.3 Å². The summed E-state index contributed by atoms with van der Waals surface area (Å²) in [6.07, 6.45) is 1.75. The maximum Gasteiger partial charge on any atom is 0.335 e. The zero-order valence-electron chi connectivity index (χ0n) is 24.6. The van der Waals surface area contributed by atoms with Crippen LogP contribution < -0.4 is 10.6 Å². The number of carboxylic acid groups (broad SMARTS) is 1. The molecule has 8 nitrogen and oxygen atoms in total. The number of nitrogens with one attached hydrogen (secondary N) is 1. The first-order valence-electron chi connectivity index (χ1n) is 14.2. The summed E-state index contributed by atoms with van der Waals surface area (Å²) >= 11 is 0. The van der Waals surface area contributed by atoms with Gasteiger partial charge in [0.15, 0.2) is 0 Å². The fraction of sp³-hybridized carbons (Fsp3) is 0.143. The Kier molecular flexibility index (Phi) is 7.62. The molecule has 0 aliphatic heterocycles. The number of pyridine rings is 1. The maximum atomic E-state index is 14.0. The lowest BCUT2D eigenvalue weighted by Gasteiger charge is -2.17. The quantitative estimate of drug-likeness (QED) is 0.187. The van der Waals surface area contributed by atoms with E-state index in [9.17, 15) is 19.3 Å². The van der Waals surface area contributed by atoms with Gasteiger partial charge in [0.2, 0.25) is 0 Å². The lowest BCUT2D eigenvalue weighted by molar-refractivity contribution is 0.0696. The van der Waals surface area contributed by atoms with Gasteiger partial charge in [-0.2, -0.15) is 5.10 Å². The second-order valence-electron chi connectivity index (χ2n) is 11.3. The number of aromatic carboxylic acids is 1. The summed E-state index contributed by atoms with van der Waals surface area (Å²) in [4.78, 5) is 30.1. The van der Waals surface area contributed by atoms with E-state index in [1.165, 1.54) is 12.1 Å². The highest BCUT2D eigenvalue weighted by Gasteiger charge is 2.21. The summed E-state index contributed by atoms with van der Waals surface area (Å²) in [5.74, 6) is -1.30. The van der Waals surface area contributed by atoms with Crippen molar-refractivity contribution in [2.24, 2.45) is 0 Å². The first-order chi connectivity index (χ1) is 21.1. The van der Waals surface area contributed by atoms with Crippen LogP contribution in [0.15, 0.2) is 103 Å². The van der Waals surface area contributed by atoms with E-state index >= 15 is 0 Å². The number of hydrogen-bond donors (Lipinski definition) is 2. The molecule has 1 amide bonds. The summed E-state index contributed by atoms with van der Waals surface area (Å²) < 4.78 is 14.6. The van der Waals surface area contributed by atoms with Crippen LogP contribution in [0, 0.1) is 0 Å². The average Bonchev–Trinajstić information content (AvgIpc) is 3.42. The van der Waals surface area contributed by atoms with E-state index in [0.29, 0.717) is 17.6 Å². The summed E-state index contributed by atoms with van der Waals surface area (Å²) in [6, 6.07) is 29.4. The van der Waals surface area contributed by atoms with Crippen molar-refractivity contribution in [1.82, 2.24) is 20.1 Å². The molecular formula is C35H31N4O4P. The van der Waals surface area contributed by atoms with Crippen molar-refractivity contribution >= 4 is 46.1 Å². The smallest absolute Gasteiger partial charge is 0.335 e. The Bertz CT molecular complexity index is 2100. The Hall–Kier alpha value is -5.07. The second-order valence-corrected chi connectivity index (χ2v) is 14.5. The van der Waals surface area contributed by atoms with Crippen LogP contribution in [0.5, 0.6) is 0 Å². The predicted molar refractivity (Wildman–Crippen MR) is 174 cm³/mol. The van der Waals surface area contributed by atoms with Crippen LogP contribution in [0.4, 0.5) is 0 Å². The molecule has 6 aromatic rings. The van der Waals surface area contributed by atoms with Crippen molar-refractivity contribution in [2.45, 2.75) is 19.5 Å². The Morgan fingerprint density at radius 1 is 0.886 bits per heavy atom. The van der Waals surface area contributed by atoms with E-state index in [-0.39, 0.29) is 11.5 Å². The van der Waals surface area contributed by atoms with Crippen LogP contribution in [0.1, 0.15) is 44.9 Å². The van der Waals surface area contributed by atoms with Gasteiger partial charge in [0.25, 0.3) is 5.91 Å². The molecule has 0 bridgehead atoms. The highest BCUT2D eigenvalue weighted by Crippen LogP contribution is 2.36. The highest BCUT2D eigenvalue weighted by molar-refractivity contribution is 7.70. The molecule has 2 heterocycles. The Morgan fingerprint density at radius 2 is 1.66 bits per heavy atom. The predicted octanol–water partition coefficient (Wildman–Crippen LogP) is 6.74. The van der Waals surface area contributed by atoms with E-state index in [4.69, 9.17) is 4.98 Å². The standard InChI is InChI=1S/C35H31N4O4P/c1-22(23-11-13-25(14-12-23)35(41)42)37-34(40)31-19-27(26-8-6-9-30(18-26)44(2,3)43)17-28-20-36-39(33(28)31)21-29-16-15-24-7-4-5-10-32(24)38-29/h4-20,22H,21H2,1-3H3,(H,37,40)(H,41,42)/t22-/m0/s1. The molecule has 2 N–H and O–H groups in total. The van der Waals surface area contributed by atoms with Gasteiger partial charge < -0.3 is 15.0 Å². The van der Waals surface area contributed by atoms with Crippen molar-refractivity contribution in [1.29, 1.82) is 0 Å². The highest BCUT2D eigenvalue weighted by atomic mass is 31.2. The third-order valence-corrected chi connectivity index (χ3v) is 9.27. The Labute approximate surface area is 254 Å². The monoisotopic (exact) mass is 602 g/mol. The first kappa shape index (κ1) is 29.0. The zero-order chi connectivity index (χ0) is 31.0. The third-order valence-electron chi connectivity index (χ3n) is 7.75. The van der Waals surface area contributed by atoms with Gasteiger partial charge in [-0.1, -0.05) is 54.6 Å². The third kappa shape index (κ3) is 5.90. The SMILES string of the molecule is C[C@H](NC(=O)c1cc(-c2cccc(P(C)(C)=O)c2)cc2cnn(Cc3ccc4ccccc4n3)c12)c1ccc(C(=O)O)cc1. The molecule has 1 atom stereocenters. The number of hydrogen-bond acceptors (Lipinski definition) is 5. The topological polar surface area (TPSA) is 114 Å². The van der Waals surface area contributed by atoms with E-state index in [2.05, 4.69) is 10.4 Å². The number of rotatable bonds is 8. The van der Waals surface area contributed by atoms with Gasteiger partial charge in [-0.05, 0) is 79.4 Å². The summed E-state index contributed by atoms with van der Waals surface area (Å²) in [5.41, 5.74) is 5.41. The average molecular weight is 603 g/mol. The molecule has 0 saturated carbocycles. The number of carboxylic acids is 1. The summed E-state index contributed by atoms with van der Waals surface area (Å²) in [5, 5.41) is 19.6. The molecule has 0 saturated heterocycles. The molecule has 6 rings (SSSR count). The second kappa shape index (κ2) is 11.5. The van der Waals surface area contributed by atoms with E-state index in [0.717, 1.165) is 44.0 Å². The van der Waals surface area contributed by atoms with Gasteiger partial charge in [0.05, 0.1) is 46.6 Å². The normalized spacial score (nSPS) is 12.3. The number of benzene rings is 4. The minimum Gasteiger partial charge on any atom is -0.478 e. The van der Waals surface area contributed by atoms with Crippen molar-refractivity contribution < 1.29 is 19.3 Å². The van der Waals surface area contributed by atoms with Crippen molar-refractivity contribution in [3.63, 3.8) is 0 Å². The number of nitrogens with zero attached hydrogens (tertiary/aromatic N) is 3. The Morgan fingerprint density at radius 3 is 2.41 bits per heavy atom. The fourth-order valence-electron chi connectivity index (χ4n) is 5.33. The lowest BCUT2D eigenvalue weighted by atomic mass is 9.99. The molecule has 4 aromatic carbocycles. The molecular weight excluding hydrogens is 571 g/mol. The number of amides is 1. The molecule has 0 aliphatic carbocycles. The van der Waals surface area contributed by atoms with Gasteiger partial charge in [0, 0.05) is 16.1 Å². The molecule has 0 spiro atoms. The zero-order valence-corrected chi connectivity index (χ0v) is 25.5. The molecule has 220 valence electrons. The van der Waals surface area contributed by atoms with Crippen molar-refractivity contribution in [3.8, 4) is 11.1 Å². The van der Waals surface area contributed by atoms with Crippen molar-refractivity contribution in [3.05, 3.63) is 126 Å². The van der Waals surface area contributed by atoms with Crippen LogP contribution in [0.2, 0.25) is 0 Å². The fourth-order valence-corrected chi connectivity index (χ4v) is 6.23. The van der Waals surface area contributed by atoms with Gasteiger partial charge >= 0.3 is 5.97 Å². The first-order valence-corrected chi connectivity index (χ1v) is 16.8. The van der Waals surface area contributed by atoms with Crippen molar-refractivity contribution in [2.75, 3.05) is 13.3 Å². The molecule has 9 heteroatoms. The van der Waals surface area contributed by atoms with Crippen LogP contribution in [0.25, 0.3) is 32.9 Å². The number of carbonyl (C=O) groups excluding carboxylic acids is 1. The number of fused-ring (bicyclic) bond motifs is 2. The number of carbonyl (C=O) groups is 2. The summed E-state index contributed by atoms with van der Waals surface area (Å²) in [6.45, 7) is 5.70. The molecule has 0 fully saturated rings. The lowest BCUT2D eigenvalue weighted by Crippen LogP contribution is -2.27.